The topological polar surface area (TPSA) is 42.7 Å². The van der Waals surface area contributed by atoms with Crippen LogP contribution >= 0.6 is 0 Å². The van der Waals surface area contributed by atoms with Gasteiger partial charge in [-0.25, -0.2) is 0 Å². The first-order valence-electron chi connectivity index (χ1n) is 6.59. The summed E-state index contributed by atoms with van der Waals surface area (Å²) in [6, 6.07) is 0.605. The predicted molar refractivity (Wildman–Crippen MR) is 68.6 cm³/mol. The summed E-state index contributed by atoms with van der Waals surface area (Å²) in [6.07, 6.45) is 5.32. The normalized spacial score (nSPS) is 23.9. The first-order chi connectivity index (χ1) is 8.00. The lowest BCUT2D eigenvalue weighted by Crippen LogP contribution is -2.44. The van der Waals surface area contributed by atoms with E-state index in [0.29, 0.717) is 11.5 Å². The van der Waals surface area contributed by atoms with E-state index in [1.165, 1.54) is 25.7 Å². The molecule has 4 heteroatoms. The van der Waals surface area contributed by atoms with Crippen LogP contribution in [0, 0.1) is 12.3 Å². The summed E-state index contributed by atoms with van der Waals surface area (Å²) in [5.74, 6) is 2.01. The number of rotatable bonds is 3. The van der Waals surface area contributed by atoms with E-state index < -0.39 is 0 Å². The van der Waals surface area contributed by atoms with Gasteiger partial charge in [0.2, 0.25) is 0 Å². The second kappa shape index (κ2) is 4.77. The lowest BCUT2D eigenvalue weighted by Gasteiger charge is -2.39. The van der Waals surface area contributed by atoms with E-state index in [-0.39, 0.29) is 0 Å². The van der Waals surface area contributed by atoms with Crippen LogP contribution in [0.2, 0.25) is 0 Å². The summed E-state index contributed by atoms with van der Waals surface area (Å²) >= 11 is 0. The maximum Gasteiger partial charge on any atom is 0.146 e. The zero-order chi connectivity index (χ0) is 12.5. The molecule has 1 aliphatic carbocycles. The molecule has 1 fully saturated rings. The standard InChI is InChI=1S/C13H24N4/c1-10-15-16-12(17(10)4)9-14-11-7-5-6-8-13(11,2)3/h11,14H,5-9H2,1-4H3. The quantitative estimate of drug-likeness (QED) is 0.874. The molecule has 17 heavy (non-hydrogen) atoms. The number of hydrogen-bond donors (Lipinski definition) is 1. The Balaban J connectivity index is 1.95. The van der Waals surface area contributed by atoms with Crippen molar-refractivity contribution in [1.29, 1.82) is 0 Å². The molecule has 0 radical (unpaired) electrons. The highest BCUT2D eigenvalue weighted by molar-refractivity contribution is 4.94. The summed E-state index contributed by atoms with van der Waals surface area (Å²) in [5, 5.41) is 11.9. The molecule has 1 aliphatic rings. The van der Waals surface area contributed by atoms with Crippen molar-refractivity contribution in [2.75, 3.05) is 0 Å². The lowest BCUT2D eigenvalue weighted by atomic mass is 9.73. The molecule has 0 amide bonds. The van der Waals surface area contributed by atoms with Crippen molar-refractivity contribution in [1.82, 2.24) is 20.1 Å². The minimum atomic E-state index is 0.409. The third kappa shape index (κ3) is 2.68. The van der Waals surface area contributed by atoms with Crippen LogP contribution in [-0.2, 0) is 13.6 Å². The van der Waals surface area contributed by atoms with Crippen LogP contribution < -0.4 is 5.32 Å². The first kappa shape index (κ1) is 12.6. The Morgan fingerprint density at radius 1 is 1.35 bits per heavy atom. The van der Waals surface area contributed by atoms with E-state index in [9.17, 15) is 0 Å². The highest BCUT2D eigenvalue weighted by Gasteiger charge is 2.31. The zero-order valence-electron chi connectivity index (χ0n) is 11.5. The van der Waals surface area contributed by atoms with Gasteiger partial charge in [-0.1, -0.05) is 26.7 Å². The Kier molecular flexibility index (Phi) is 3.52. The van der Waals surface area contributed by atoms with E-state index >= 15 is 0 Å². The maximum atomic E-state index is 4.20. The molecule has 0 aromatic carbocycles. The van der Waals surface area contributed by atoms with Crippen LogP contribution in [0.5, 0.6) is 0 Å². The van der Waals surface area contributed by atoms with Gasteiger partial charge in [0.25, 0.3) is 0 Å². The van der Waals surface area contributed by atoms with Gasteiger partial charge < -0.3 is 9.88 Å². The van der Waals surface area contributed by atoms with Gasteiger partial charge in [0.1, 0.15) is 11.6 Å². The molecule has 4 nitrogen and oxygen atoms in total. The van der Waals surface area contributed by atoms with Gasteiger partial charge in [-0.15, -0.1) is 10.2 Å². The molecule has 1 aromatic rings. The van der Waals surface area contributed by atoms with Crippen LogP contribution in [0.1, 0.15) is 51.2 Å². The highest BCUT2D eigenvalue weighted by atomic mass is 15.3. The van der Waals surface area contributed by atoms with E-state index in [0.717, 1.165) is 18.2 Å². The SMILES string of the molecule is Cc1nnc(CNC2CCCCC2(C)C)n1C. The Morgan fingerprint density at radius 2 is 2.12 bits per heavy atom. The van der Waals surface area contributed by atoms with E-state index in [1.807, 2.05) is 14.0 Å². The van der Waals surface area contributed by atoms with Crippen LogP contribution in [0.25, 0.3) is 0 Å². The summed E-state index contributed by atoms with van der Waals surface area (Å²) in [6.45, 7) is 7.55. The number of hydrogen-bond acceptors (Lipinski definition) is 3. The molecule has 0 bridgehead atoms. The largest absolute Gasteiger partial charge is 0.317 e. The Labute approximate surface area is 104 Å². The van der Waals surface area contributed by atoms with Gasteiger partial charge >= 0.3 is 0 Å². The molecule has 1 N–H and O–H groups in total. The van der Waals surface area contributed by atoms with Crippen molar-refractivity contribution in [3.63, 3.8) is 0 Å². The van der Waals surface area contributed by atoms with Gasteiger partial charge in [-0.05, 0) is 25.2 Å². The molecule has 1 aromatic heterocycles. The Bertz CT molecular complexity index is 381. The van der Waals surface area contributed by atoms with Crippen molar-refractivity contribution in [3.8, 4) is 0 Å². The smallest absolute Gasteiger partial charge is 0.146 e. The molecular weight excluding hydrogens is 212 g/mol. The summed E-state index contributed by atoms with van der Waals surface area (Å²) in [5.41, 5.74) is 0.409. The molecule has 96 valence electrons. The van der Waals surface area contributed by atoms with Crippen molar-refractivity contribution in [2.45, 2.75) is 59.0 Å². The molecule has 2 rings (SSSR count). The fourth-order valence-electron chi connectivity index (χ4n) is 2.69. The molecule has 1 saturated carbocycles. The van der Waals surface area contributed by atoms with Crippen LogP contribution in [0.15, 0.2) is 0 Å². The number of aryl methyl sites for hydroxylation is 1. The highest BCUT2D eigenvalue weighted by Crippen LogP contribution is 2.35. The summed E-state index contributed by atoms with van der Waals surface area (Å²) in [7, 11) is 2.03. The van der Waals surface area contributed by atoms with Crippen molar-refractivity contribution < 1.29 is 0 Å². The zero-order valence-corrected chi connectivity index (χ0v) is 11.5. The van der Waals surface area contributed by atoms with Gasteiger partial charge in [0.05, 0.1) is 6.54 Å². The first-order valence-corrected chi connectivity index (χ1v) is 6.59. The fourth-order valence-corrected chi connectivity index (χ4v) is 2.69. The average molecular weight is 236 g/mol. The molecule has 0 aliphatic heterocycles. The number of nitrogens with one attached hydrogen (secondary N) is 1. The molecule has 1 unspecified atom stereocenters. The molecule has 1 atom stereocenters. The molecular formula is C13H24N4. The van der Waals surface area contributed by atoms with Gasteiger partial charge in [-0.3, -0.25) is 0 Å². The second-order valence-electron chi connectivity index (χ2n) is 5.89. The van der Waals surface area contributed by atoms with Gasteiger partial charge in [0.15, 0.2) is 0 Å². The Hall–Kier alpha value is -0.900. The third-order valence-corrected chi connectivity index (χ3v) is 4.20. The lowest BCUT2D eigenvalue weighted by molar-refractivity contribution is 0.165. The van der Waals surface area contributed by atoms with Crippen molar-refractivity contribution >= 4 is 0 Å². The maximum absolute atomic E-state index is 4.20. The average Bonchev–Trinajstić information content (AvgIpc) is 2.58. The number of nitrogens with zero attached hydrogens (tertiary/aromatic N) is 3. The van der Waals surface area contributed by atoms with Gasteiger partial charge in [-0.2, -0.15) is 0 Å². The Morgan fingerprint density at radius 3 is 2.71 bits per heavy atom. The minimum Gasteiger partial charge on any atom is -0.317 e. The van der Waals surface area contributed by atoms with Crippen molar-refractivity contribution in [3.05, 3.63) is 11.6 Å². The summed E-state index contributed by atoms with van der Waals surface area (Å²) < 4.78 is 2.06. The molecule has 0 spiro atoms. The van der Waals surface area contributed by atoms with Gasteiger partial charge in [0, 0.05) is 13.1 Å². The van der Waals surface area contributed by atoms with E-state index in [1.54, 1.807) is 0 Å². The third-order valence-electron chi connectivity index (χ3n) is 4.20. The molecule has 1 heterocycles. The summed E-state index contributed by atoms with van der Waals surface area (Å²) in [4.78, 5) is 0. The second-order valence-corrected chi connectivity index (χ2v) is 5.89. The number of aromatic nitrogens is 3. The van der Waals surface area contributed by atoms with E-state index in [4.69, 9.17) is 0 Å². The predicted octanol–water partition coefficient (Wildman–Crippen LogP) is 2.18. The van der Waals surface area contributed by atoms with E-state index in [2.05, 4.69) is 33.9 Å². The molecule has 0 saturated heterocycles. The monoisotopic (exact) mass is 236 g/mol. The fraction of sp³-hybridized carbons (Fsp3) is 0.846. The van der Waals surface area contributed by atoms with Crippen LogP contribution in [0.3, 0.4) is 0 Å². The van der Waals surface area contributed by atoms with Crippen LogP contribution in [-0.4, -0.2) is 20.8 Å². The van der Waals surface area contributed by atoms with Crippen LogP contribution in [0.4, 0.5) is 0 Å². The minimum absolute atomic E-state index is 0.409. The van der Waals surface area contributed by atoms with Crippen molar-refractivity contribution in [2.24, 2.45) is 12.5 Å².